The number of aromatic amines is 1. The SMILES string of the molecule is O=c1nc2c3c(ccc2c2[nH]cnn12)CCCCC3. The van der Waals surface area contributed by atoms with Crippen molar-refractivity contribution in [2.24, 2.45) is 0 Å². The van der Waals surface area contributed by atoms with Crippen LogP contribution in [-0.4, -0.2) is 19.6 Å². The molecule has 0 atom stereocenters. The zero-order chi connectivity index (χ0) is 12.8. The van der Waals surface area contributed by atoms with Crippen LogP contribution in [0.5, 0.6) is 0 Å². The van der Waals surface area contributed by atoms with Crippen molar-refractivity contribution in [2.75, 3.05) is 0 Å². The Morgan fingerprint density at radius 3 is 3.00 bits per heavy atom. The third-order valence-corrected chi connectivity index (χ3v) is 3.98. The summed E-state index contributed by atoms with van der Waals surface area (Å²) >= 11 is 0. The van der Waals surface area contributed by atoms with E-state index in [0.717, 1.165) is 29.4 Å². The van der Waals surface area contributed by atoms with Crippen molar-refractivity contribution in [2.45, 2.75) is 32.1 Å². The van der Waals surface area contributed by atoms with Gasteiger partial charge in [-0.2, -0.15) is 14.6 Å². The lowest BCUT2D eigenvalue weighted by atomic mass is 9.99. The molecule has 2 heterocycles. The molecular weight excluding hydrogens is 240 g/mol. The number of fused-ring (bicyclic) bond motifs is 5. The Hall–Kier alpha value is -2.17. The molecule has 0 amide bonds. The summed E-state index contributed by atoms with van der Waals surface area (Å²) in [6, 6.07) is 4.23. The van der Waals surface area contributed by atoms with Gasteiger partial charge in [0.2, 0.25) is 0 Å². The van der Waals surface area contributed by atoms with E-state index in [9.17, 15) is 4.79 Å². The first kappa shape index (κ1) is 10.7. The molecule has 5 nitrogen and oxygen atoms in total. The second-order valence-electron chi connectivity index (χ2n) is 5.10. The highest BCUT2D eigenvalue weighted by molar-refractivity contribution is 5.93. The monoisotopic (exact) mass is 254 g/mol. The molecule has 0 unspecified atom stereocenters. The van der Waals surface area contributed by atoms with E-state index < -0.39 is 0 Å². The summed E-state index contributed by atoms with van der Waals surface area (Å²) in [5, 5.41) is 4.97. The summed E-state index contributed by atoms with van der Waals surface area (Å²) in [7, 11) is 0. The number of aryl methyl sites for hydroxylation is 2. The molecule has 0 aliphatic heterocycles. The summed E-state index contributed by atoms with van der Waals surface area (Å²) in [5.74, 6) is 0. The van der Waals surface area contributed by atoms with Crippen molar-refractivity contribution >= 4 is 16.6 Å². The van der Waals surface area contributed by atoms with Crippen LogP contribution >= 0.6 is 0 Å². The minimum atomic E-state index is -0.304. The van der Waals surface area contributed by atoms with E-state index >= 15 is 0 Å². The minimum Gasteiger partial charge on any atom is -0.329 e. The number of rotatable bonds is 0. The normalized spacial score (nSPS) is 15.6. The van der Waals surface area contributed by atoms with Crippen LogP contribution in [0.25, 0.3) is 16.6 Å². The van der Waals surface area contributed by atoms with Crippen LogP contribution in [0.2, 0.25) is 0 Å². The van der Waals surface area contributed by atoms with Gasteiger partial charge >= 0.3 is 5.69 Å². The molecule has 1 aromatic carbocycles. The van der Waals surface area contributed by atoms with Gasteiger partial charge in [0.25, 0.3) is 0 Å². The molecule has 19 heavy (non-hydrogen) atoms. The van der Waals surface area contributed by atoms with Gasteiger partial charge in [0.05, 0.1) is 5.52 Å². The molecule has 0 fully saturated rings. The van der Waals surface area contributed by atoms with Gasteiger partial charge in [0, 0.05) is 5.39 Å². The minimum absolute atomic E-state index is 0.304. The summed E-state index contributed by atoms with van der Waals surface area (Å²) in [6.45, 7) is 0. The van der Waals surface area contributed by atoms with Crippen LogP contribution in [0.15, 0.2) is 23.3 Å². The Balaban J connectivity index is 2.16. The van der Waals surface area contributed by atoms with Crippen molar-refractivity contribution in [1.29, 1.82) is 0 Å². The van der Waals surface area contributed by atoms with Crippen molar-refractivity contribution in [3.8, 4) is 0 Å². The van der Waals surface area contributed by atoms with Crippen molar-refractivity contribution in [1.82, 2.24) is 19.6 Å². The van der Waals surface area contributed by atoms with Crippen LogP contribution in [0, 0.1) is 0 Å². The quantitative estimate of drug-likeness (QED) is 0.623. The van der Waals surface area contributed by atoms with Crippen molar-refractivity contribution < 1.29 is 0 Å². The molecule has 1 aliphatic carbocycles. The summed E-state index contributed by atoms with van der Waals surface area (Å²) in [5.41, 5.74) is 3.89. The van der Waals surface area contributed by atoms with E-state index in [4.69, 9.17) is 0 Å². The fraction of sp³-hybridized carbons (Fsp3) is 0.357. The maximum atomic E-state index is 12.0. The maximum Gasteiger partial charge on any atom is 0.370 e. The molecule has 2 aromatic heterocycles. The standard InChI is InChI=1S/C14H14N4O/c19-14-17-12-10-5-3-1-2-4-9(10)6-7-11(12)13-15-8-16-18(13)14/h6-8H,1-5H2,(H,15,16). The predicted molar refractivity (Wildman–Crippen MR) is 72.4 cm³/mol. The number of nitrogens with zero attached hydrogens (tertiary/aromatic N) is 3. The van der Waals surface area contributed by atoms with Gasteiger partial charge in [-0.25, -0.2) is 4.79 Å². The Morgan fingerprint density at radius 1 is 1.16 bits per heavy atom. The molecule has 0 spiro atoms. The lowest BCUT2D eigenvalue weighted by molar-refractivity contribution is 0.712. The number of H-pyrrole nitrogens is 1. The lowest BCUT2D eigenvalue weighted by Crippen LogP contribution is -2.18. The lowest BCUT2D eigenvalue weighted by Gasteiger charge is -2.09. The molecule has 4 rings (SSSR count). The molecule has 5 heteroatoms. The number of nitrogens with one attached hydrogen (secondary N) is 1. The Kier molecular flexibility index (Phi) is 2.21. The average Bonchev–Trinajstić information content (AvgIpc) is 2.78. The maximum absolute atomic E-state index is 12.0. The highest BCUT2D eigenvalue weighted by Crippen LogP contribution is 2.27. The molecule has 3 aromatic rings. The second-order valence-corrected chi connectivity index (χ2v) is 5.10. The Labute approximate surface area is 109 Å². The van der Waals surface area contributed by atoms with Gasteiger partial charge in [0.1, 0.15) is 12.0 Å². The molecule has 0 radical (unpaired) electrons. The average molecular weight is 254 g/mol. The van der Waals surface area contributed by atoms with Gasteiger partial charge in [-0.05, 0) is 42.9 Å². The van der Waals surface area contributed by atoms with Crippen molar-refractivity contribution in [3.63, 3.8) is 0 Å². The van der Waals surface area contributed by atoms with E-state index in [-0.39, 0.29) is 5.69 Å². The first-order valence-corrected chi connectivity index (χ1v) is 6.71. The Morgan fingerprint density at radius 2 is 2.05 bits per heavy atom. The van der Waals surface area contributed by atoms with Gasteiger partial charge < -0.3 is 4.98 Å². The van der Waals surface area contributed by atoms with Gasteiger partial charge in [-0.3, -0.25) is 0 Å². The molecule has 1 N–H and O–H groups in total. The number of hydrogen-bond acceptors (Lipinski definition) is 3. The fourth-order valence-electron chi connectivity index (χ4n) is 3.05. The van der Waals surface area contributed by atoms with Crippen LogP contribution in [-0.2, 0) is 12.8 Å². The highest BCUT2D eigenvalue weighted by atomic mass is 16.1. The topological polar surface area (TPSA) is 63.0 Å². The van der Waals surface area contributed by atoms with Crippen LogP contribution in [0.3, 0.4) is 0 Å². The predicted octanol–water partition coefficient (Wildman–Crippen LogP) is 1.84. The number of benzene rings is 1. The summed E-state index contributed by atoms with van der Waals surface area (Å²) < 4.78 is 1.32. The van der Waals surface area contributed by atoms with Gasteiger partial charge in [-0.15, -0.1) is 0 Å². The molecule has 0 saturated carbocycles. The van der Waals surface area contributed by atoms with E-state index in [1.54, 1.807) is 0 Å². The van der Waals surface area contributed by atoms with E-state index in [1.165, 1.54) is 41.2 Å². The molecule has 1 aliphatic rings. The van der Waals surface area contributed by atoms with Crippen LogP contribution < -0.4 is 5.69 Å². The second kappa shape index (κ2) is 3.91. The van der Waals surface area contributed by atoms with Crippen LogP contribution in [0.1, 0.15) is 30.4 Å². The Bertz CT molecular complexity index is 830. The molecule has 0 saturated heterocycles. The van der Waals surface area contributed by atoms with Gasteiger partial charge in [0.15, 0.2) is 0 Å². The smallest absolute Gasteiger partial charge is 0.329 e. The van der Waals surface area contributed by atoms with Gasteiger partial charge in [-0.1, -0.05) is 12.5 Å². The number of aromatic nitrogens is 4. The third kappa shape index (κ3) is 1.51. The first-order chi connectivity index (χ1) is 9.34. The first-order valence-electron chi connectivity index (χ1n) is 6.71. The zero-order valence-corrected chi connectivity index (χ0v) is 10.5. The molecular formula is C14H14N4O. The van der Waals surface area contributed by atoms with E-state index in [0.29, 0.717) is 0 Å². The highest BCUT2D eigenvalue weighted by Gasteiger charge is 2.15. The largest absolute Gasteiger partial charge is 0.370 e. The third-order valence-electron chi connectivity index (χ3n) is 3.98. The summed E-state index contributed by atoms with van der Waals surface area (Å²) in [6.07, 6.45) is 7.30. The fourth-order valence-corrected chi connectivity index (χ4v) is 3.05. The van der Waals surface area contributed by atoms with E-state index in [2.05, 4.69) is 27.2 Å². The van der Waals surface area contributed by atoms with Crippen molar-refractivity contribution in [3.05, 3.63) is 40.1 Å². The molecule has 96 valence electrons. The van der Waals surface area contributed by atoms with E-state index in [1.807, 2.05) is 0 Å². The summed E-state index contributed by atoms with van der Waals surface area (Å²) in [4.78, 5) is 19.3. The molecule has 0 bridgehead atoms. The van der Waals surface area contributed by atoms with Crippen LogP contribution in [0.4, 0.5) is 0 Å². The number of hydrogen-bond donors (Lipinski definition) is 1. The zero-order valence-electron chi connectivity index (χ0n) is 10.5.